The Bertz CT molecular complexity index is 517. The summed E-state index contributed by atoms with van der Waals surface area (Å²) in [6.07, 6.45) is 0.342. The molecule has 4 nitrogen and oxygen atoms in total. The molecule has 0 saturated heterocycles. The first-order valence-electron chi connectivity index (χ1n) is 4.94. The third-order valence-corrected chi connectivity index (χ3v) is 5.15. The first kappa shape index (κ1) is 14.4. The highest BCUT2D eigenvalue weighted by Gasteiger charge is 2.26. The zero-order chi connectivity index (χ0) is 13.1. The number of thiocarbonyl (C=S) groups is 1. The Kier molecular flexibility index (Phi) is 4.91. The Balaban J connectivity index is 3.02. The molecule has 1 aromatic carbocycles. The number of benzene rings is 1. The summed E-state index contributed by atoms with van der Waals surface area (Å²) >= 11 is 8.03. The van der Waals surface area contributed by atoms with Gasteiger partial charge in [0.1, 0.15) is 5.25 Å². The van der Waals surface area contributed by atoms with Crippen LogP contribution in [0.15, 0.2) is 28.7 Å². The van der Waals surface area contributed by atoms with E-state index in [9.17, 15) is 8.42 Å². The van der Waals surface area contributed by atoms with Gasteiger partial charge in [0, 0.05) is 4.47 Å². The average molecular weight is 337 g/mol. The minimum atomic E-state index is -3.59. The van der Waals surface area contributed by atoms with Crippen LogP contribution in [0.1, 0.15) is 13.3 Å². The maximum atomic E-state index is 12.0. The molecule has 0 fully saturated rings. The van der Waals surface area contributed by atoms with Crippen LogP contribution in [0.3, 0.4) is 0 Å². The quantitative estimate of drug-likeness (QED) is 0.809. The second kappa shape index (κ2) is 5.79. The number of rotatable bonds is 5. The van der Waals surface area contributed by atoms with Gasteiger partial charge in [0.25, 0.3) is 0 Å². The van der Waals surface area contributed by atoms with Crippen molar-refractivity contribution in [2.75, 3.05) is 4.72 Å². The van der Waals surface area contributed by atoms with E-state index in [0.717, 1.165) is 0 Å². The first-order valence-corrected chi connectivity index (χ1v) is 7.68. The van der Waals surface area contributed by atoms with E-state index in [-0.39, 0.29) is 4.99 Å². The highest BCUT2D eigenvalue weighted by Crippen LogP contribution is 2.23. The van der Waals surface area contributed by atoms with E-state index in [4.69, 9.17) is 18.0 Å². The van der Waals surface area contributed by atoms with Gasteiger partial charge < -0.3 is 5.73 Å². The summed E-state index contributed by atoms with van der Waals surface area (Å²) in [6, 6.07) is 6.95. The van der Waals surface area contributed by atoms with E-state index in [1.165, 1.54) is 0 Å². The van der Waals surface area contributed by atoms with Gasteiger partial charge in [0.05, 0.1) is 10.7 Å². The van der Waals surface area contributed by atoms with Crippen LogP contribution in [0.5, 0.6) is 0 Å². The predicted octanol–water partition coefficient (Wildman–Crippen LogP) is 2.26. The summed E-state index contributed by atoms with van der Waals surface area (Å²) in [6.45, 7) is 1.73. The van der Waals surface area contributed by atoms with Crippen molar-refractivity contribution >= 4 is 48.8 Å². The molecule has 17 heavy (non-hydrogen) atoms. The zero-order valence-electron chi connectivity index (χ0n) is 9.18. The van der Waals surface area contributed by atoms with Gasteiger partial charge in [-0.2, -0.15) is 0 Å². The average Bonchev–Trinajstić information content (AvgIpc) is 2.21. The van der Waals surface area contributed by atoms with E-state index >= 15 is 0 Å². The molecule has 0 bridgehead atoms. The molecule has 1 rings (SSSR count). The normalized spacial score (nSPS) is 13.1. The fourth-order valence-electron chi connectivity index (χ4n) is 1.34. The minimum Gasteiger partial charge on any atom is -0.392 e. The Morgan fingerprint density at radius 3 is 2.59 bits per heavy atom. The SMILES string of the molecule is CCC(C(N)=S)S(=O)(=O)Nc1ccccc1Br. The second-order valence-corrected chi connectivity index (χ2v) is 6.62. The molecule has 0 aliphatic rings. The molecule has 1 unspecified atom stereocenters. The molecule has 3 N–H and O–H groups in total. The molecular formula is C10H13BrN2O2S2. The molecule has 0 aromatic heterocycles. The van der Waals surface area contributed by atoms with Gasteiger partial charge in [-0.05, 0) is 34.5 Å². The molecule has 1 atom stereocenters. The van der Waals surface area contributed by atoms with Crippen LogP contribution in [0, 0.1) is 0 Å². The number of para-hydroxylation sites is 1. The molecule has 0 saturated carbocycles. The lowest BCUT2D eigenvalue weighted by Gasteiger charge is -2.16. The van der Waals surface area contributed by atoms with Crippen molar-refractivity contribution < 1.29 is 8.42 Å². The van der Waals surface area contributed by atoms with E-state index in [1.54, 1.807) is 31.2 Å². The van der Waals surface area contributed by atoms with Crippen LogP contribution in [0.2, 0.25) is 0 Å². The third-order valence-electron chi connectivity index (χ3n) is 2.19. The largest absolute Gasteiger partial charge is 0.392 e. The lowest BCUT2D eigenvalue weighted by Crippen LogP contribution is -2.37. The molecule has 94 valence electrons. The summed E-state index contributed by atoms with van der Waals surface area (Å²) in [5, 5.41) is -0.857. The molecule has 0 aliphatic carbocycles. The molecule has 1 aromatic rings. The van der Waals surface area contributed by atoms with Crippen molar-refractivity contribution in [1.29, 1.82) is 0 Å². The Morgan fingerprint density at radius 1 is 1.53 bits per heavy atom. The summed E-state index contributed by atoms with van der Waals surface area (Å²) < 4.78 is 27.2. The lowest BCUT2D eigenvalue weighted by atomic mass is 10.3. The van der Waals surface area contributed by atoms with E-state index in [2.05, 4.69) is 20.7 Å². The van der Waals surface area contributed by atoms with Crippen molar-refractivity contribution in [3.63, 3.8) is 0 Å². The van der Waals surface area contributed by atoms with Gasteiger partial charge in [0.2, 0.25) is 10.0 Å². The summed E-state index contributed by atoms with van der Waals surface area (Å²) in [4.78, 5) is -0.0212. The van der Waals surface area contributed by atoms with Crippen molar-refractivity contribution in [2.45, 2.75) is 18.6 Å². The topological polar surface area (TPSA) is 72.2 Å². The second-order valence-electron chi connectivity index (χ2n) is 3.43. The van der Waals surface area contributed by atoms with Gasteiger partial charge in [0.15, 0.2) is 0 Å². The number of hydrogen-bond donors (Lipinski definition) is 2. The molecule has 0 spiro atoms. The van der Waals surface area contributed by atoms with E-state index in [1.807, 2.05) is 0 Å². The van der Waals surface area contributed by atoms with Gasteiger partial charge in [-0.15, -0.1) is 0 Å². The highest BCUT2D eigenvalue weighted by atomic mass is 79.9. The maximum absolute atomic E-state index is 12.0. The van der Waals surface area contributed by atoms with Gasteiger partial charge >= 0.3 is 0 Å². The maximum Gasteiger partial charge on any atom is 0.242 e. The van der Waals surface area contributed by atoms with Gasteiger partial charge in [-0.25, -0.2) is 8.42 Å². The standard InChI is InChI=1S/C10H13BrN2O2S2/c1-2-9(10(12)16)17(14,15)13-8-6-4-3-5-7(8)11/h3-6,9,13H,2H2,1H3,(H2,12,16). The lowest BCUT2D eigenvalue weighted by molar-refractivity contribution is 0.594. The van der Waals surface area contributed by atoms with Gasteiger partial charge in [-0.1, -0.05) is 31.3 Å². The molecule has 0 amide bonds. The van der Waals surface area contributed by atoms with Crippen LogP contribution in [-0.4, -0.2) is 18.7 Å². The first-order chi connectivity index (χ1) is 7.88. The van der Waals surface area contributed by atoms with Crippen molar-refractivity contribution in [1.82, 2.24) is 0 Å². The number of nitrogens with two attached hydrogens (primary N) is 1. The molecular weight excluding hydrogens is 324 g/mol. The zero-order valence-corrected chi connectivity index (χ0v) is 12.4. The fraction of sp³-hybridized carbons (Fsp3) is 0.300. The highest BCUT2D eigenvalue weighted by molar-refractivity contribution is 9.10. The van der Waals surface area contributed by atoms with Crippen molar-refractivity contribution in [3.8, 4) is 0 Å². The molecule has 0 aliphatic heterocycles. The Labute approximate surface area is 115 Å². The molecule has 0 radical (unpaired) electrons. The number of nitrogens with one attached hydrogen (secondary N) is 1. The van der Waals surface area contributed by atoms with Crippen LogP contribution in [0.4, 0.5) is 5.69 Å². The molecule has 7 heteroatoms. The van der Waals surface area contributed by atoms with Crippen LogP contribution in [0.25, 0.3) is 0 Å². The summed E-state index contributed by atoms with van der Waals surface area (Å²) in [7, 11) is -3.59. The van der Waals surface area contributed by atoms with E-state index < -0.39 is 15.3 Å². The Hall–Kier alpha value is -0.660. The number of anilines is 1. The smallest absolute Gasteiger partial charge is 0.242 e. The van der Waals surface area contributed by atoms with Crippen molar-refractivity contribution in [3.05, 3.63) is 28.7 Å². The minimum absolute atomic E-state index is 0.0212. The summed E-state index contributed by atoms with van der Waals surface area (Å²) in [5.41, 5.74) is 5.90. The Morgan fingerprint density at radius 2 is 2.12 bits per heavy atom. The molecule has 0 heterocycles. The monoisotopic (exact) mass is 336 g/mol. The van der Waals surface area contributed by atoms with E-state index in [0.29, 0.717) is 16.6 Å². The summed E-state index contributed by atoms with van der Waals surface area (Å²) in [5.74, 6) is 0. The van der Waals surface area contributed by atoms with Crippen LogP contribution >= 0.6 is 28.1 Å². The van der Waals surface area contributed by atoms with Crippen molar-refractivity contribution in [2.24, 2.45) is 5.73 Å². The number of halogens is 1. The predicted molar refractivity (Wildman–Crippen MR) is 77.5 cm³/mol. The number of sulfonamides is 1. The van der Waals surface area contributed by atoms with Crippen LogP contribution in [-0.2, 0) is 10.0 Å². The van der Waals surface area contributed by atoms with Crippen LogP contribution < -0.4 is 10.5 Å². The number of hydrogen-bond acceptors (Lipinski definition) is 3. The third kappa shape index (κ3) is 3.65. The van der Waals surface area contributed by atoms with Gasteiger partial charge in [-0.3, -0.25) is 4.72 Å². The fourth-order valence-corrected chi connectivity index (χ4v) is 3.78.